The van der Waals surface area contributed by atoms with Crippen molar-refractivity contribution in [2.45, 2.75) is 31.4 Å². The molecule has 0 spiro atoms. The van der Waals surface area contributed by atoms with Crippen molar-refractivity contribution in [2.75, 3.05) is 14.1 Å². The molecule has 7 nitrogen and oxygen atoms in total. The van der Waals surface area contributed by atoms with Crippen LogP contribution in [0.25, 0.3) is 0 Å². The number of nitrogens with one attached hydrogen (secondary N) is 1. The normalized spacial score (nSPS) is 12.5. The van der Waals surface area contributed by atoms with Crippen molar-refractivity contribution in [3.05, 3.63) is 65.0 Å². The Morgan fingerprint density at radius 3 is 2.34 bits per heavy atom. The smallest absolute Gasteiger partial charge is 0.339 e. The summed E-state index contributed by atoms with van der Waals surface area (Å²) < 4.78 is 43.7. The van der Waals surface area contributed by atoms with Gasteiger partial charge >= 0.3 is 5.97 Å². The quantitative estimate of drug-likeness (QED) is 0.691. The summed E-state index contributed by atoms with van der Waals surface area (Å²) in [6.45, 7) is 3.20. The zero-order valence-corrected chi connectivity index (χ0v) is 17.4. The van der Waals surface area contributed by atoms with Gasteiger partial charge < -0.3 is 10.1 Å². The third kappa shape index (κ3) is 5.61. The predicted molar refractivity (Wildman–Crippen MR) is 105 cm³/mol. The van der Waals surface area contributed by atoms with Gasteiger partial charge in [0.15, 0.2) is 6.10 Å². The SMILES string of the molecule is Cc1ccc(S(=O)(=O)N(C)C)cc1C(=O)O[C@H](C)C(=O)NCc1ccc(F)cc1. The lowest BCUT2D eigenvalue weighted by atomic mass is 10.1. The van der Waals surface area contributed by atoms with E-state index in [0.717, 1.165) is 4.31 Å². The molecule has 0 saturated carbocycles. The maximum absolute atomic E-state index is 12.9. The number of amides is 1. The molecule has 1 atom stereocenters. The first-order valence-corrected chi connectivity index (χ1v) is 10.2. The standard InChI is InChI=1S/C20H23FN2O5S/c1-13-5-10-17(29(26,27)23(3)4)11-18(13)20(25)28-14(2)19(24)22-12-15-6-8-16(21)9-7-15/h5-11,14H,12H2,1-4H3,(H,22,24)/t14-/m1/s1. The molecule has 0 unspecified atom stereocenters. The number of hydrogen-bond acceptors (Lipinski definition) is 5. The first-order valence-electron chi connectivity index (χ1n) is 8.78. The molecule has 0 saturated heterocycles. The van der Waals surface area contributed by atoms with Crippen LogP contribution in [-0.4, -0.2) is 44.8 Å². The number of carbonyl (C=O) groups excluding carboxylic acids is 2. The van der Waals surface area contributed by atoms with Gasteiger partial charge in [0.05, 0.1) is 10.5 Å². The van der Waals surface area contributed by atoms with Crippen LogP contribution in [0.1, 0.15) is 28.4 Å². The van der Waals surface area contributed by atoms with Gasteiger partial charge in [-0.15, -0.1) is 0 Å². The van der Waals surface area contributed by atoms with Crippen LogP contribution in [0.4, 0.5) is 4.39 Å². The van der Waals surface area contributed by atoms with Gasteiger partial charge in [0, 0.05) is 20.6 Å². The Bertz CT molecular complexity index is 1000. The van der Waals surface area contributed by atoms with E-state index >= 15 is 0 Å². The monoisotopic (exact) mass is 422 g/mol. The number of carbonyl (C=O) groups is 2. The second-order valence-electron chi connectivity index (χ2n) is 6.66. The molecule has 0 aliphatic heterocycles. The highest BCUT2D eigenvalue weighted by atomic mass is 32.2. The maximum atomic E-state index is 12.9. The van der Waals surface area contributed by atoms with Crippen molar-refractivity contribution in [3.8, 4) is 0 Å². The second kappa shape index (κ2) is 9.15. The zero-order valence-electron chi connectivity index (χ0n) is 16.6. The van der Waals surface area contributed by atoms with E-state index in [1.807, 2.05) is 0 Å². The largest absolute Gasteiger partial charge is 0.449 e. The highest BCUT2D eigenvalue weighted by Crippen LogP contribution is 2.19. The van der Waals surface area contributed by atoms with E-state index in [0.29, 0.717) is 11.1 Å². The first kappa shape index (κ1) is 22.5. The number of sulfonamides is 1. The maximum Gasteiger partial charge on any atom is 0.339 e. The van der Waals surface area contributed by atoms with Crippen LogP contribution in [0.5, 0.6) is 0 Å². The number of aryl methyl sites for hydroxylation is 1. The van der Waals surface area contributed by atoms with Crippen molar-refractivity contribution in [3.63, 3.8) is 0 Å². The average Bonchev–Trinajstić information content (AvgIpc) is 2.67. The summed E-state index contributed by atoms with van der Waals surface area (Å²) in [5.41, 5.74) is 1.27. The third-order valence-corrected chi connectivity index (χ3v) is 6.05. The van der Waals surface area contributed by atoms with E-state index in [4.69, 9.17) is 4.74 Å². The Balaban J connectivity index is 2.06. The van der Waals surface area contributed by atoms with Crippen LogP contribution < -0.4 is 5.32 Å². The molecule has 2 aromatic rings. The molecule has 0 bridgehead atoms. The fraction of sp³-hybridized carbons (Fsp3) is 0.300. The van der Waals surface area contributed by atoms with Gasteiger partial charge in [-0.05, 0) is 49.2 Å². The number of ether oxygens (including phenoxy) is 1. The van der Waals surface area contributed by atoms with Gasteiger partial charge in [-0.3, -0.25) is 4.79 Å². The Kier molecular flexibility index (Phi) is 7.10. The Hall–Kier alpha value is -2.78. The van der Waals surface area contributed by atoms with Crippen LogP contribution in [0.3, 0.4) is 0 Å². The Morgan fingerprint density at radius 2 is 1.76 bits per heavy atom. The lowest BCUT2D eigenvalue weighted by molar-refractivity contribution is -0.129. The number of rotatable bonds is 7. The lowest BCUT2D eigenvalue weighted by Gasteiger charge is -2.16. The summed E-state index contributed by atoms with van der Waals surface area (Å²) >= 11 is 0. The molecule has 0 aliphatic carbocycles. The minimum absolute atomic E-state index is 0.0477. The highest BCUT2D eigenvalue weighted by molar-refractivity contribution is 7.89. The van der Waals surface area contributed by atoms with Crippen LogP contribution in [-0.2, 0) is 26.1 Å². The molecule has 0 fully saturated rings. The van der Waals surface area contributed by atoms with E-state index in [2.05, 4.69) is 5.32 Å². The molecule has 29 heavy (non-hydrogen) atoms. The molecule has 1 N–H and O–H groups in total. The average molecular weight is 422 g/mol. The fourth-order valence-corrected chi connectivity index (χ4v) is 3.33. The summed E-state index contributed by atoms with van der Waals surface area (Å²) in [6.07, 6.45) is -1.10. The molecule has 0 radical (unpaired) electrons. The van der Waals surface area contributed by atoms with Gasteiger partial charge in [-0.25, -0.2) is 21.9 Å². The molecule has 0 aliphatic rings. The molecule has 2 aromatic carbocycles. The topological polar surface area (TPSA) is 92.8 Å². The minimum Gasteiger partial charge on any atom is -0.449 e. The molecule has 9 heteroatoms. The lowest BCUT2D eigenvalue weighted by Crippen LogP contribution is -2.35. The van der Waals surface area contributed by atoms with Crippen LogP contribution in [0, 0.1) is 12.7 Å². The molecule has 156 valence electrons. The molecule has 0 aromatic heterocycles. The summed E-state index contributed by atoms with van der Waals surface area (Å²) in [6, 6.07) is 9.77. The predicted octanol–water partition coefficient (Wildman–Crippen LogP) is 2.25. The van der Waals surface area contributed by atoms with E-state index in [-0.39, 0.29) is 22.8 Å². The number of hydrogen-bond donors (Lipinski definition) is 1. The van der Waals surface area contributed by atoms with Gasteiger partial charge in [0.1, 0.15) is 5.82 Å². The zero-order chi connectivity index (χ0) is 21.8. The van der Waals surface area contributed by atoms with E-state index in [9.17, 15) is 22.4 Å². The highest BCUT2D eigenvalue weighted by Gasteiger charge is 2.23. The van der Waals surface area contributed by atoms with Crippen molar-refractivity contribution in [2.24, 2.45) is 0 Å². The summed E-state index contributed by atoms with van der Waals surface area (Å²) in [5, 5.41) is 2.60. The summed E-state index contributed by atoms with van der Waals surface area (Å²) in [7, 11) is -0.938. The number of nitrogens with zero attached hydrogens (tertiary/aromatic N) is 1. The van der Waals surface area contributed by atoms with Crippen molar-refractivity contribution < 1.29 is 27.1 Å². The number of halogens is 1. The van der Waals surface area contributed by atoms with E-state index in [1.165, 1.54) is 63.5 Å². The van der Waals surface area contributed by atoms with Gasteiger partial charge in [-0.1, -0.05) is 18.2 Å². The Morgan fingerprint density at radius 1 is 1.14 bits per heavy atom. The van der Waals surface area contributed by atoms with E-state index < -0.39 is 28.0 Å². The first-order chi connectivity index (χ1) is 13.5. The number of esters is 1. The number of benzene rings is 2. The van der Waals surface area contributed by atoms with Crippen molar-refractivity contribution in [1.82, 2.24) is 9.62 Å². The van der Waals surface area contributed by atoms with Gasteiger partial charge in [0.2, 0.25) is 10.0 Å². The third-order valence-electron chi connectivity index (χ3n) is 4.24. The summed E-state index contributed by atoms with van der Waals surface area (Å²) in [5.74, 6) is -1.71. The Labute approximate surface area is 169 Å². The second-order valence-corrected chi connectivity index (χ2v) is 8.81. The molecular formula is C20H23FN2O5S. The molecule has 2 rings (SSSR count). The minimum atomic E-state index is -3.72. The van der Waals surface area contributed by atoms with Crippen molar-refractivity contribution in [1.29, 1.82) is 0 Å². The fourth-order valence-electron chi connectivity index (χ4n) is 2.41. The van der Waals surface area contributed by atoms with Crippen molar-refractivity contribution >= 4 is 21.9 Å². The van der Waals surface area contributed by atoms with Crippen LogP contribution in [0.2, 0.25) is 0 Å². The molecule has 1 amide bonds. The summed E-state index contributed by atoms with van der Waals surface area (Å²) in [4.78, 5) is 24.6. The van der Waals surface area contributed by atoms with Crippen LogP contribution >= 0.6 is 0 Å². The van der Waals surface area contributed by atoms with Gasteiger partial charge in [-0.2, -0.15) is 0 Å². The molecule has 0 heterocycles. The van der Waals surface area contributed by atoms with Gasteiger partial charge in [0.25, 0.3) is 5.91 Å². The van der Waals surface area contributed by atoms with Crippen LogP contribution in [0.15, 0.2) is 47.4 Å². The van der Waals surface area contributed by atoms with E-state index in [1.54, 1.807) is 6.92 Å². The molecular weight excluding hydrogens is 399 g/mol.